The second-order valence-corrected chi connectivity index (χ2v) is 5.04. The lowest BCUT2D eigenvalue weighted by Crippen LogP contribution is -2.36. The molecule has 1 rings (SSSR count). The highest BCUT2D eigenvalue weighted by Crippen LogP contribution is 2.21. The minimum Gasteiger partial charge on any atom is -0.484 e. The van der Waals surface area contributed by atoms with E-state index in [2.05, 4.69) is 5.32 Å². The minimum atomic E-state index is -0.876. The van der Waals surface area contributed by atoms with Crippen LogP contribution in [0, 0.1) is 6.92 Å². The number of carbonyl (C=O) groups is 2. The van der Waals surface area contributed by atoms with Crippen molar-refractivity contribution in [1.82, 2.24) is 5.32 Å². The second-order valence-electron chi connectivity index (χ2n) is 4.60. The minimum absolute atomic E-state index is 0.0264. The summed E-state index contributed by atoms with van der Waals surface area (Å²) in [6.07, 6.45) is 0.416. The maximum atomic E-state index is 11.6. The molecule has 0 heterocycles. The zero-order chi connectivity index (χ0) is 15.1. The molecular formula is C14H18ClNO4. The number of carbonyl (C=O) groups excluding carboxylic acids is 1. The van der Waals surface area contributed by atoms with Crippen molar-refractivity contribution < 1.29 is 19.4 Å². The standard InChI is InChI=1S/C14H18ClNO4/c1-9-7-11(15)4-5-12(9)20-8-13(17)16-10(2)3-6-14(18)19/h4-5,7,10H,3,6,8H2,1-2H3,(H,16,17)(H,18,19). The molecule has 5 nitrogen and oxygen atoms in total. The first-order valence-corrected chi connectivity index (χ1v) is 6.66. The van der Waals surface area contributed by atoms with Crippen LogP contribution < -0.4 is 10.1 Å². The molecule has 1 aromatic rings. The lowest BCUT2D eigenvalue weighted by Gasteiger charge is -2.14. The third-order valence-electron chi connectivity index (χ3n) is 2.69. The molecule has 0 saturated heterocycles. The van der Waals surface area contributed by atoms with Crippen LogP contribution in [0.1, 0.15) is 25.3 Å². The summed E-state index contributed by atoms with van der Waals surface area (Å²) in [6.45, 7) is 3.49. The van der Waals surface area contributed by atoms with Crippen molar-refractivity contribution in [3.63, 3.8) is 0 Å². The molecule has 1 aromatic carbocycles. The number of carboxylic acid groups (broad SMARTS) is 1. The van der Waals surface area contributed by atoms with E-state index in [0.29, 0.717) is 17.2 Å². The Morgan fingerprint density at radius 1 is 1.45 bits per heavy atom. The Morgan fingerprint density at radius 3 is 2.75 bits per heavy atom. The van der Waals surface area contributed by atoms with Gasteiger partial charge in [-0.05, 0) is 44.0 Å². The van der Waals surface area contributed by atoms with Gasteiger partial charge in [0.1, 0.15) is 5.75 Å². The van der Waals surface area contributed by atoms with E-state index in [1.165, 1.54) is 0 Å². The van der Waals surface area contributed by atoms with E-state index in [0.717, 1.165) is 5.56 Å². The molecule has 0 fully saturated rings. The highest BCUT2D eigenvalue weighted by molar-refractivity contribution is 6.30. The number of rotatable bonds is 7. The summed E-state index contributed by atoms with van der Waals surface area (Å²) in [5, 5.41) is 11.8. The molecule has 0 aromatic heterocycles. The van der Waals surface area contributed by atoms with Crippen molar-refractivity contribution >= 4 is 23.5 Å². The maximum absolute atomic E-state index is 11.6. The van der Waals surface area contributed by atoms with Crippen LogP contribution in [-0.2, 0) is 9.59 Å². The molecule has 0 aliphatic heterocycles. The maximum Gasteiger partial charge on any atom is 0.303 e. The predicted molar refractivity (Wildman–Crippen MR) is 76.2 cm³/mol. The van der Waals surface area contributed by atoms with Crippen molar-refractivity contribution in [3.05, 3.63) is 28.8 Å². The number of hydrogen-bond acceptors (Lipinski definition) is 3. The third kappa shape index (κ3) is 5.93. The lowest BCUT2D eigenvalue weighted by atomic mass is 10.2. The number of aliphatic carboxylic acids is 1. The predicted octanol–water partition coefficient (Wildman–Crippen LogP) is 2.40. The summed E-state index contributed by atoms with van der Waals surface area (Å²) < 4.78 is 5.39. The Kier molecular flexibility index (Phi) is 6.31. The molecule has 1 unspecified atom stereocenters. The highest BCUT2D eigenvalue weighted by Gasteiger charge is 2.10. The first-order chi connectivity index (χ1) is 9.38. The van der Waals surface area contributed by atoms with Gasteiger partial charge in [-0.1, -0.05) is 11.6 Å². The summed E-state index contributed by atoms with van der Waals surface area (Å²) in [5.41, 5.74) is 0.851. The Balaban J connectivity index is 2.37. The molecule has 0 aliphatic carbocycles. The Labute approximate surface area is 122 Å². The lowest BCUT2D eigenvalue weighted by molar-refractivity contribution is -0.137. The van der Waals surface area contributed by atoms with Gasteiger partial charge < -0.3 is 15.2 Å². The largest absolute Gasteiger partial charge is 0.484 e. The van der Waals surface area contributed by atoms with Crippen LogP contribution in [0.25, 0.3) is 0 Å². The van der Waals surface area contributed by atoms with E-state index in [4.69, 9.17) is 21.4 Å². The molecule has 110 valence electrons. The van der Waals surface area contributed by atoms with Gasteiger partial charge in [0.25, 0.3) is 5.91 Å². The summed E-state index contributed by atoms with van der Waals surface area (Å²) in [6, 6.07) is 4.95. The van der Waals surface area contributed by atoms with Crippen LogP contribution in [-0.4, -0.2) is 29.6 Å². The summed E-state index contributed by atoms with van der Waals surface area (Å²) in [4.78, 5) is 22.1. The molecule has 0 saturated carbocycles. The van der Waals surface area contributed by atoms with Gasteiger partial charge in [0.2, 0.25) is 0 Å². The molecular weight excluding hydrogens is 282 g/mol. The van der Waals surface area contributed by atoms with Gasteiger partial charge in [-0.15, -0.1) is 0 Å². The molecule has 20 heavy (non-hydrogen) atoms. The smallest absolute Gasteiger partial charge is 0.303 e. The normalized spacial score (nSPS) is 11.8. The number of hydrogen-bond donors (Lipinski definition) is 2. The zero-order valence-electron chi connectivity index (χ0n) is 11.5. The number of ether oxygens (including phenoxy) is 1. The molecule has 2 N–H and O–H groups in total. The average Bonchev–Trinajstić information content (AvgIpc) is 2.35. The van der Waals surface area contributed by atoms with E-state index in [9.17, 15) is 9.59 Å². The van der Waals surface area contributed by atoms with Crippen molar-refractivity contribution in [3.8, 4) is 5.75 Å². The average molecular weight is 300 g/mol. The van der Waals surface area contributed by atoms with Gasteiger partial charge >= 0.3 is 5.97 Å². The number of carboxylic acids is 1. The van der Waals surface area contributed by atoms with Crippen molar-refractivity contribution in [2.24, 2.45) is 0 Å². The molecule has 0 spiro atoms. The monoisotopic (exact) mass is 299 g/mol. The molecule has 0 radical (unpaired) electrons. The molecule has 1 atom stereocenters. The van der Waals surface area contributed by atoms with Gasteiger partial charge in [-0.3, -0.25) is 9.59 Å². The van der Waals surface area contributed by atoms with E-state index < -0.39 is 5.97 Å². The molecule has 0 bridgehead atoms. The first-order valence-electron chi connectivity index (χ1n) is 6.28. The summed E-state index contributed by atoms with van der Waals surface area (Å²) in [7, 11) is 0. The van der Waals surface area contributed by atoms with Crippen LogP contribution >= 0.6 is 11.6 Å². The van der Waals surface area contributed by atoms with Crippen molar-refractivity contribution in [2.45, 2.75) is 32.7 Å². The van der Waals surface area contributed by atoms with Crippen molar-refractivity contribution in [1.29, 1.82) is 0 Å². The van der Waals surface area contributed by atoms with E-state index in [-0.39, 0.29) is 25.0 Å². The van der Waals surface area contributed by atoms with E-state index in [1.807, 2.05) is 6.92 Å². The molecule has 6 heteroatoms. The summed E-state index contributed by atoms with van der Waals surface area (Å²) in [5.74, 6) is -0.556. The quantitative estimate of drug-likeness (QED) is 0.810. The van der Waals surface area contributed by atoms with Crippen LogP contribution in [0.5, 0.6) is 5.75 Å². The van der Waals surface area contributed by atoms with Gasteiger partial charge in [0, 0.05) is 17.5 Å². The topological polar surface area (TPSA) is 75.6 Å². The molecule has 0 aliphatic rings. The van der Waals surface area contributed by atoms with E-state index >= 15 is 0 Å². The fraction of sp³-hybridized carbons (Fsp3) is 0.429. The fourth-order valence-corrected chi connectivity index (χ4v) is 1.87. The van der Waals surface area contributed by atoms with Crippen molar-refractivity contribution in [2.75, 3.05) is 6.61 Å². The van der Waals surface area contributed by atoms with Crippen LogP contribution in [0.2, 0.25) is 5.02 Å². The van der Waals surface area contributed by atoms with Gasteiger partial charge in [0.05, 0.1) is 0 Å². The van der Waals surface area contributed by atoms with Gasteiger partial charge in [0.15, 0.2) is 6.61 Å². The Bertz CT molecular complexity index is 490. The van der Waals surface area contributed by atoms with Gasteiger partial charge in [-0.2, -0.15) is 0 Å². The molecule has 1 amide bonds. The van der Waals surface area contributed by atoms with E-state index in [1.54, 1.807) is 25.1 Å². The fourth-order valence-electron chi connectivity index (χ4n) is 1.65. The number of aryl methyl sites for hydroxylation is 1. The van der Waals surface area contributed by atoms with Crippen LogP contribution in [0.15, 0.2) is 18.2 Å². The highest BCUT2D eigenvalue weighted by atomic mass is 35.5. The number of benzene rings is 1. The summed E-state index contributed by atoms with van der Waals surface area (Å²) >= 11 is 5.83. The Hall–Kier alpha value is -1.75. The van der Waals surface area contributed by atoms with Crippen LogP contribution in [0.4, 0.5) is 0 Å². The third-order valence-corrected chi connectivity index (χ3v) is 2.93. The van der Waals surface area contributed by atoms with Gasteiger partial charge in [-0.25, -0.2) is 0 Å². The first kappa shape index (κ1) is 16.3. The Morgan fingerprint density at radius 2 is 2.15 bits per heavy atom. The second kappa shape index (κ2) is 7.75. The zero-order valence-corrected chi connectivity index (χ0v) is 12.2. The van der Waals surface area contributed by atoms with Crippen LogP contribution in [0.3, 0.4) is 0 Å². The number of amides is 1. The SMILES string of the molecule is Cc1cc(Cl)ccc1OCC(=O)NC(C)CCC(=O)O. The number of nitrogens with one attached hydrogen (secondary N) is 1. The number of halogens is 1.